The highest BCUT2D eigenvalue weighted by molar-refractivity contribution is 7.86. The van der Waals surface area contributed by atoms with Crippen LogP contribution in [0.1, 0.15) is 25.0 Å². The first-order chi connectivity index (χ1) is 13.6. The second-order valence-corrected chi connectivity index (χ2v) is 9.38. The fourth-order valence-corrected chi connectivity index (χ4v) is 4.65. The Hall–Kier alpha value is -2.42. The summed E-state index contributed by atoms with van der Waals surface area (Å²) in [5, 5.41) is 9.88. The first-order valence-electron chi connectivity index (χ1n) is 9.23. The highest BCUT2D eigenvalue weighted by atomic mass is 32.2. The van der Waals surface area contributed by atoms with Gasteiger partial charge in [0.05, 0.1) is 18.1 Å². The topological polar surface area (TPSA) is 93.1 Å². The smallest absolute Gasteiger partial charge is 0.410 e. The number of carboxylic acid groups (broad SMARTS) is 1. The third kappa shape index (κ3) is 4.44. The molecule has 1 N–H and O–H groups in total. The van der Waals surface area contributed by atoms with E-state index >= 15 is 0 Å². The Labute approximate surface area is 171 Å². The van der Waals surface area contributed by atoms with Gasteiger partial charge in [-0.25, -0.2) is 4.79 Å². The van der Waals surface area contributed by atoms with Crippen LogP contribution in [-0.4, -0.2) is 49.0 Å². The normalized spacial score (nSPS) is 21.3. The lowest BCUT2D eigenvalue weighted by Gasteiger charge is -2.39. The average Bonchev–Trinajstić information content (AvgIpc) is 2.92. The summed E-state index contributed by atoms with van der Waals surface area (Å²) < 4.78 is 36.5. The Balaban J connectivity index is 1.94. The van der Waals surface area contributed by atoms with Crippen molar-refractivity contribution < 1.29 is 27.2 Å². The monoisotopic (exact) mass is 419 g/mol. The molecule has 0 bridgehead atoms. The van der Waals surface area contributed by atoms with E-state index < -0.39 is 27.5 Å². The summed E-state index contributed by atoms with van der Waals surface area (Å²) in [6.07, 6.45) is -0.938. The third-order valence-corrected chi connectivity index (χ3v) is 6.34. The van der Waals surface area contributed by atoms with Crippen molar-refractivity contribution >= 4 is 16.2 Å². The zero-order chi connectivity index (χ0) is 21.3. The van der Waals surface area contributed by atoms with E-state index in [-0.39, 0.29) is 24.5 Å². The third-order valence-electron chi connectivity index (χ3n) is 5.07. The van der Waals surface area contributed by atoms with Crippen LogP contribution in [-0.2, 0) is 25.5 Å². The maximum Gasteiger partial charge on any atom is 0.410 e. The summed E-state index contributed by atoms with van der Waals surface area (Å²) >= 11 is 0. The van der Waals surface area contributed by atoms with Gasteiger partial charge in [0.15, 0.2) is 0 Å². The number of carbonyl (C=O) groups is 1. The van der Waals surface area contributed by atoms with Crippen LogP contribution in [0.5, 0.6) is 0 Å². The molecule has 0 unspecified atom stereocenters. The molecule has 7 nitrogen and oxygen atoms in total. The van der Waals surface area contributed by atoms with Gasteiger partial charge in [-0.2, -0.15) is 8.42 Å². The molecule has 0 spiro atoms. The van der Waals surface area contributed by atoms with Crippen molar-refractivity contribution in [1.29, 1.82) is 0 Å². The molecule has 0 aromatic heterocycles. The first-order valence-corrected chi connectivity index (χ1v) is 10.6. The van der Waals surface area contributed by atoms with Crippen LogP contribution in [0, 0.1) is 6.92 Å². The molecule has 8 heteroatoms. The van der Waals surface area contributed by atoms with Crippen LogP contribution in [0.3, 0.4) is 0 Å². The molecule has 1 fully saturated rings. The van der Waals surface area contributed by atoms with Crippen molar-refractivity contribution in [3.05, 3.63) is 65.7 Å². The minimum atomic E-state index is -4.06. The van der Waals surface area contributed by atoms with Gasteiger partial charge in [0.1, 0.15) is 11.3 Å². The zero-order valence-electron chi connectivity index (χ0n) is 16.7. The van der Waals surface area contributed by atoms with Crippen molar-refractivity contribution in [1.82, 2.24) is 4.90 Å². The predicted octanol–water partition coefficient (Wildman–Crippen LogP) is 3.43. The largest absolute Gasteiger partial charge is 0.465 e. The summed E-state index contributed by atoms with van der Waals surface area (Å²) in [5.74, 6) is 0. The molecule has 1 aliphatic rings. The second-order valence-electron chi connectivity index (χ2n) is 7.77. The number of rotatable bonds is 6. The number of benzene rings is 2. The molecular weight excluding hydrogens is 394 g/mol. The number of hydrogen-bond acceptors (Lipinski definition) is 5. The van der Waals surface area contributed by atoms with Gasteiger partial charge in [0, 0.05) is 6.42 Å². The molecule has 1 aliphatic heterocycles. The maximum absolute atomic E-state index is 12.7. The van der Waals surface area contributed by atoms with E-state index in [1.54, 1.807) is 26.0 Å². The molecule has 156 valence electrons. The van der Waals surface area contributed by atoms with Crippen molar-refractivity contribution in [3.63, 3.8) is 0 Å². The molecule has 2 aromatic carbocycles. The minimum Gasteiger partial charge on any atom is -0.465 e. The van der Waals surface area contributed by atoms with Gasteiger partial charge >= 0.3 is 6.09 Å². The Bertz CT molecular complexity index is 972. The van der Waals surface area contributed by atoms with Gasteiger partial charge in [0.2, 0.25) is 0 Å². The predicted molar refractivity (Wildman–Crippen MR) is 107 cm³/mol. The van der Waals surface area contributed by atoms with Crippen LogP contribution in [0.2, 0.25) is 0 Å². The number of amides is 1. The van der Waals surface area contributed by atoms with Crippen LogP contribution < -0.4 is 0 Å². The highest BCUT2D eigenvalue weighted by Gasteiger charge is 2.55. The molecule has 1 atom stereocenters. The number of aryl methyl sites for hydroxylation is 1. The van der Waals surface area contributed by atoms with E-state index in [4.69, 9.17) is 8.92 Å². The average molecular weight is 419 g/mol. The highest BCUT2D eigenvalue weighted by Crippen LogP contribution is 2.38. The quantitative estimate of drug-likeness (QED) is 0.721. The fraction of sp³-hybridized carbons (Fsp3) is 0.381. The van der Waals surface area contributed by atoms with Crippen LogP contribution in [0.25, 0.3) is 0 Å². The van der Waals surface area contributed by atoms with E-state index in [1.807, 2.05) is 37.3 Å². The molecule has 2 aromatic rings. The molecule has 3 rings (SSSR count). The summed E-state index contributed by atoms with van der Waals surface area (Å²) in [7, 11) is -4.06. The molecule has 0 aliphatic carbocycles. The second kappa shape index (κ2) is 7.78. The lowest BCUT2D eigenvalue weighted by molar-refractivity contribution is -0.0499. The Kier molecular flexibility index (Phi) is 5.71. The molecule has 29 heavy (non-hydrogen) atoms. The van der Waals surface area contributed by atoms with Crippen molar-refractivity contribution in [2.75, 3.05) is 13.2 Å². The first kappa shape index (κ1) is 21.3. The fourth-order valence-electron chi connectivity index (χ4n) is 3.67. The van der Waals surface area contributed by atoms with Gasteiger partial charge < -0.3 is 9.84 Å². The zero-order valence-corrected chi connectivity index (χ0v) is 17.5. The lowest BCUT2D eigenvalue weighted by Crippen LogP contribution is -2.59. The van der Waals surface area contributed by atoms with Crippen molar-refractivity contribution in [2.24, 2.45) is 0 Å². The van der Waals surface area contributed by atoms with E-state index in [0.717, 1.165) is 16.0 Å². The standard InChI is InChI=1S/C21H25NO6S/c1-16-9-11-18(12-10-16)29(25,26)28-15-21(13-17-7-5-4-6-8-17)14-27-20(2,3)22(21)19(23)24/h4-12H,13-15H2,1-3H3,(H,23,24)/t21-/m1/s1. The Morgan fingerprint density at radius 2 is 1.76 bits per heavy atom. The summed E-state index contributed by atoms with van der Waals surface area (Å²) in [4.78, 5) is 13.3. The number of nitrogens with zero attached hydrogens (tertiary/aromatic N) is 1. The molecule has 1 amide bonds. The van der Waals surface area contributed by atoms with Crippen molar-refractivity contribution in [3.8, 4) is 0 Å². The van der Waals surface area contributed by atoms with Gasteiger partial charge in [-0.3, -0.25) is 9.08 Å². The summed E-state index contributed by atoms with van der Waals surface area (Å²) in [5.41, 5.74) is -0.518. The van der Waals surface area contributed by atoms with Gasteiger partial charge in [0.25, 0.3) is 10.1 Å². The minimum absolute atomic E-state index is 0.0185. The number of hydrogen-bond donors (Lipinski definition) is 1. The van der Waals surface area contributed by atoms with Crippen molar-refractivity contribution in [2.45, 2.75) is 43.4 Å². The van der Waals surface area contributed by atoms with Crippen LogP contribution >= 0.6 is 0 Å². The summed E-state index contributed by atoms with van der Waals surface area (Å²) in [6, 6.07) is 15.6. The van der Waals surface area contributed by atoms with E-state index in [9.17, 15) is 18.3 Å². The van der Waals surface area contributed by atoms with Crippen LogP contribution in [0.15, 0.2) is 59.5 Å². The lowest BCUT2D eigenvalue weighted by atomic mass is 9.90. The van der Waals surface area contributed by atoms with E-state index in [2.05, 4.69) is 0 Å². The van der Waals surface area contributed by atoms with Crippen LogP contribution in [0.4, 0.5) is 4.79 Å². The van der Waals surface area contributed by atoms with Gasteiger partial charge in [-0.05, 0) is 38.5 Å². The molecule has 0 radical (unpaired) electrons. The van der Waals surface area contributed by atoms with Gasteiger partial charge in [-0.1, -0.05) is 48.0 Å². The molecule has 0 saturated carbocycles. The molecule has 1 saturated heterocycles. The Morgan fingerprint density at radius 1 is 1.14 bits per heavy atom. The maximum atomic E-state index is 12.7. The SMILES string of the molecule is Cc1ccc(S(=O)(=O)OC[C@@]2(Cc3ccccc3)COC(C)(C)N2C(=O)O)cc1. The van der Waals surface area contributed by atoms with Gasteiger partial charge in [-0.15, -0.1) is 0 Å². The summed E-state index contributed by atoms with van der Waals surface area (Å²) in [6.45, 7) is 4.80. The van der Waals surface area contributed by atoms with E-state index in [0.29, 0.717) is 0 Å². The number of ether oxygens (including phenoxy) is 1. The molecule has 1 heterocycles. The molecular formula is C21H25NO6S. The Morgan fingerprint density at radius 3 is 2.34 bits per heavy atom. The van der Waals surface area contributed by atoms with E-state index in [1.165, 1.54) is 12.1 Å².